The summed E-state index contributed by atoms with van der Waals surface area (Å²) in [5.41, 5.74) is 4.24. The van der Waals surface area contributed by atoms with E-state index in [2.05, 4.69) is 47.6 Å². The molecule has 322 valence electrons. The summed E-state index contributed by atoms with van der Waals surface area (Å²) in [4.78, 5) is 12.1. The summed E-state index contributed by atoms with van der Waals surface area (Å²) in [5, 5.41) is 64.2. The first kappa shape index (κ1) is 46.3. The van der Waals surface area contributed by atoms with Crippen molar-refractivity contribution >= 4 is 6.29 Å². The molecule has 7 N–H and O–H groups in total. The average Bonchev–Trinajstić information content (AvgIpc) is 3.89. The van der Waals surface area contributed by atoms with E-state index in [0.717, 1.165) is 55.1 Å². The number of carbonyl (C=O) groups is 1. The molecule has 5 rings (SSSR count). The molecule has 9 nitrogen and oxygen atoms in total. The van der Waals surface area contributed by atoms with Crippen LogP contribution in [0.2, 0.25) is 0 Å². The summed E-state index contributed by atoms with van der Waals surface area (Å²) in [5.74, 6) is -0.135. The Morgan fingerprint density at radius 1 is 1.10 bits per heavy atom. The number of aliphatic hydroxyl groups is 5. The van der Waals surface area contributed by atoms with Crippen LogP contribution >= 0.6 is 0 Å². The van der Waals surface area contributed by atoms with Crippen LogP contribution in [0.1, 0.15) is 108 Å². The fourth-order valence-electron chi connectivity index (χ4n) is 11.6. The van der Waals surface area contributed by atoms with Crippen molar-refractivity contribution in [2.24, 2.45) is 29.1 Å². The zero-order valence-electron chi connectivity index (χ0n) is 35.9. The third kappa shape index (κ3) is 10.1. The standard InChI is InChI=1S/C49H74N2O7/c1-34(39-19-18-35(2)46(56)51-47(25-28-58-5,41-15-6-7-16-41)31-38-13-9-12-37(29-38)30-39)11-8-14-40(33-54)43-21-23-49(45(43)55)44(17-10-27-52)42(36(3)32-53)20-22-48(49,57)24-26-50-4/h8-9,11-14,18,29,32,39,41,43-46,50-52,54-57H,1,6-7,10,15-17,19-28,30-31,33H2,2-5H3. The number of fused-ring (bicyclic) bond motifs is 2. The minimum absolute atomic E-state index is 0.0137. The summed E-state index contributed by atoms with van der Waals surface area (Å²) < 4.78 is 5.61. The van der Waals surface area contributed by atoms with Crippen LogP contribution in [0.5, 0.6) is 0 Å². The van der Waals surface area contributed by atoms with E-state index in [1.165, 1.54) is 24.0 Å². The van der Waals surface area contributed by atoms with E-state index in [0.29, 0.717) is 81.6 Å². The molecular formula is C49H74N2O7. The second kappa shape index (κ2) is 21.2. The molecule has 3 fully saturated rings. The maximum absolute atomic E-state index is 12.5. The van der Waals surface area contributed by atoms with Gasteiger partial charge in [-0.25, -0.2) is 0 Å². The predicted octanol–water partition coefficient (Wildman–Crippen LogP) is 6.44. The molecule has 58 heavy (non-hydrogen) atoms. The van der Waals surface area contributed by atoms with E-state index in [4.69, 9.17) is 4.74 Å². The topological polar surface area (TPSA) is 152 Å². The molecule has 1 aromatic rings. The normalized spacial score (nSPS) is 33.6. The first-order valence-corrected chi connectivity index (χ1v) is 22.1. The summed E-state index contributed by atoms with van der Waals surface area (Å²) in [6.45, 7) is 9.29. The molecule has 4 aliphatic rings. The van der Waals surface area contributed by atoms with Crippen molar-refractivity contribution in [3.05, 3.63) is 94.1 Å². The van der Waals surface area contributed by atoms with Crippen LogP contribution < -0.4 is 10.6 Å². The number of hydrogen-bond donors (Lipinski definition) is 7. The largest absolute Gasteiger partial charge is 0.396 e. The Hall–Kier alpha value is -2.73. The second-order valence-electron chi connectivity index (χ2n) is 18.1. The minimum atomic E-state index is -1.19. The van der Waals surface area contributed by atoms with Crippen molar-refractivity contribution in [1.82, 2.24) is 10.6 Å². The molecule has 0 radical (unpaired) electrons. The zero-order chi connectivity index (χ0) is 41.9. The Morgan fingerprint density at radius 2 is 1.86 bits per heavy atom. The molecule has 8 atom stereocenters. The Bertz CT molecular complexity index is 1660. The monoisotopic (exact) mass is 803 g/mol. The highest BCUT2D eigenvalue weighted by molar-refractivity contribution is 5.74. The first-order chi connectivity index (χ1) is 27.9. The van der Waals surface area contributed by atoms with E-state index in [9.17, 15) is 30.3 Å². The molecule has 3 saturated carbocycles. The molecule has 1 aromatic carbocycles. The number of nitrogens with one attached hydrogen (secondary N) is 2. The fourth-order valence-corrected chi connectivity index (χ4v) is 11.6. The minimum Gasteiger partial charge on any atom is -0.396 e. The lowest BCUT2D eigenvalue weighted by atomic mass is 9.51. The van der Waals surface area contributed by atoms with Crippen LogP contribution in [-0.2, 0) is 22.4 Å². The van der Waals surface area contributed by atoms with Gasteiger partial charge in [0, 0.05) is 37.2 Å². The predicted molar refractivity (Wildman–Crippen MR) is 232 cm³/mol. The molecule has 9 heteroatoms. The number of carbonyl (C=O) groups excluding carboxylic acids is 1. The van der Waals surface area contributed by atoms with E-state index < -0.39 is 23.3 Å². The Morgan fingerprint density at radius 3 is 2.55 bits per heavy atom. The zero-order valence-corrected chi connectivity index (χ0v) is 35.9. The molecule has 0 saturated heterocycles. The maximum Gasteiger partial charge on any atom is 0.145 e. The van der Waals surface area contributed by atoms with Gasteiger partial charge in [-0.05, 0) is 157 Å². The molecule has 1 spiro atoms. The molecule has 2 bridgehead atoms. The highest BCUT2D eigenvalue weighted by Crippen LogP contribution is 2.64. The molecular weight excluding hydrogens is 729 g/mol. The van der Waals surface area contributed by atoms with E-state index in [1.54, 1.807) is 7.11 Å². The van der Waals surface area contributed by atoms with Crippen LogP contribution in [0.25, 0.3) is 0 Å². The van der Waals surface area contributed by atoms with Crippen molar-refractivity contribution < 1.29 is 35.1 Å². The first-order valence-electron chi connectivity index (χ1n) is 22.1. The van der Waals surface area contributed by atoms with Crippen molar-refractivity contribution in [3.63, 3.8) is 0 Å². The van der Waals surface area contributed by atoms with Gasteiger partial charge in [-0.3, -0.25) is 10.1 Å². The lowest BCUT2D eigenvalue weighted by Crippen LogP contribution is -2.61. The van der Waals surface area contributed by atoms with Crippen molar-refractivity contribution in [2.75, 3.05) is 40.5 Å². The van der Waals surface area contributed by atoms with E-state index in [-0.39, 0.29) is 36.5 Å². The van der Waals surface area contributed by atoms with Gasteiger partial charge in [-0.1, -0.05) is 79.1 Å². The molecule has 0 aromatic heterocycles. The van der Waals surface area contributed by atoms with Gasteiger partial charge in [0.05, 0.1) is 18.3 Å². The van der Waals surface area contributed by atoms with Crippen LogP contribution in [-0.4, -0.2) is 95.8 Å². The number of methoxy groups -OCH3 is 1. The molecule has 0 amide bonds. The quantitative estimate of drug-likeness (QED) is 0.0434. The lowest BCUT2D eigenvalue weighted by molar-refractivity contribution is -0.180. The van der Waals surface area contributed by atoms with Gasteiger partial charge in [0.1, 0.15) is 12.5 Å². The molecule has 1 aliphatic heterocycles. The highest BCUT2D eigenvalue weighted by atomic mass is 16.5. The van der Waals surface area contributed by atoms with Gasteiger partial charge in [-0.15, -0.1) is 0 Å². The third-order valence-electron chi connectivity index (χ3n) is 14.9. The summed E-state index contributed by atoms with van der Waals surface area (Å²) in [6.07, 6.45) is 18.6. The summed E-state index contributed by atoms with van der Waals surface area (Å²) in [6, 6.07) is 8.87. The number of rotatable bonds is 16. The summed E-state index contributed by atoms with van der Waals surface area (Å²) >= 11 is 0. The third-order valence-corrected chi connectivity index (χ3v) is 14.9. The maximum atomic E-state index is 12.5. The number of aldehydes is 1. The van der Waals surface area contributed by atoms with Crippen LogP contribution in [0, 0.1) is 29.1 Å². The van der Waals surface area contributed by atoms with Crippen molar-refractivity contribution in [3.8, 4) is 0 Å². The molecule has 1 heterocycles. The van der Waals surface area contributed by atoms with Crippen molar-refractivity contribution in [2.45, 2.75) is 134 Å². The Kier molecular flexibility index (Phi) is 16.9. The number of ether oxygens (including phenoxy) is 1. The SMILES string of the molecule is C=C(C=CC=C(CO)C1CCC2(C(CCCO)C(=C(C)C=O)CCC2(O)CCNC)C1O)C1CC=C(C)C(O)NC(CCOC)(C2CCCC2)Cc2cccc(c2)C1. The number of hydrogen-bond acceptors (Lipinski definition) is 9. The smallest absolute Gasteiger partial charge is 0.145 e. The summed E-state index contributed by atoms with van der Waals surface area (Å²) in [7, 11) is 3.61. The number of benzene rings is 1. The van der Waals surface area contributed by atoms with Crippen LogP contribution in [0.15, 0.2) is 83.0 Å². The Balaban J connectivity index is 1.41. The van der Waals surface area contributed by atoms with Gasteiger partial charge in [0.2, 0.25) is 0 Å². The second-order valence-corrected chi connectivity index (χ2v) is 18.1. The van der Waals surface area contributed by atoms with Gasteiger partial charge in [-0.2, -0.15) is 0 Å². The number of aliphatic hydroxyl groups excluding tert-OH is 4. The van der Waals surface area contributed by atoms with Gasteiger partial charge in [0.15, 0.2) is 0 Å². The van der Waals surface area contributed by atoms with Crippen LogP contribution in [0.4, 0.5) is 0 Å². The average molecular weight is 803 g/mol. The Labute approximate surface area is 348 Å². The fraction of sp³-hybridized carbons (Fsp3) is 0.653. The lowest BCUT2D eigenvalue weighted by Gasteiger charge is -2.57. The van der Waals surface area contributed by atoms with E-state index >= 15 is 0 Å². The van der Waals surface area contributed by atoms with Gasteiger partial charge >= 0.3 is 0 Å². The van der Waals surface area contributed by atoms with Gasteiger partial charge in [0.25, 0.3) is 0 Å². The number of allylic oxidation sites excluding steroid dienone is 7. The van der Waals surface area contributed by atoms with Crippen molar-refractivity contribution in [1.29, 1.82) is 0 Å². The molecule has 8 unspecified atom stereocenters. The molecule has 3 aliphatic carbocycles. The van der Waals surface area contributed by atoms with Gasteiger partial charge < -0.3 is 35.6 Å². The highest BCUT2D eigenvalue weighted by Gasteiger charge is 2.65. The van der Waals surface area contributed by atoms with E-state index in [1.807, 2.05) is 39.1 Å². The van der Waals surface area contributed by atoms with Crippen LogP contribution in [0.3, 0.4) is 0 Å².